The van der Waals surface area contributed by atoms with E-state index in [1.54, 1.807) is 16.2 Å². The number of hydrogen-bond acceptors (Lipinski definition) is 5. The number of sulfonamides is 1. The Morgan fingerprint density at radius 2 is 2.20 bits per heavy atom. The summed E-state index contributed by atoms with van der Waals surface area (Å²) in [6.07, 6.45) is 7.98. The van der Waals surface area contributed by atoms with Gasteiger partial charge in [-0.1, -0.05) is 18.9 Å². The van der Waals surface area contributed by atoms with Crippen LogP contribution in [0.3, 0.4) is 0 Å². The highest BCUT2D eigenvalue weighted by atomic mass is 32.2. The fraction of sp³-hybridized carbons (Fsp3) is 0.471. The molecule has 1 aromatic rings. The molecule has 0 bridgehead atoms. The van der Waals surface area contributed by atoms with Crippen molar-refractivity contribution in [2.24, 2.45) is 14.9 Å². The first-order valence-electron chi connectivity index (χ1n) is 8.38. The second-order valence-electron chi connectivity index (χ2n) is 6.44. The Morgan fingerprint density at radius 3 is 2.88 bits per heavy atom. The second kappa shape index (κ2) is 6.84. The van der Waals surface area contributed by atoms with Crippen molar-refractivity contribution in [2.75, 3.05) is 13.1 Å². The van der Waals surface area contributed by atoms with Gasteiger partial charge in [0.25, 0.3) is 10.0 Å². The number of hydrogen-bond donors (Lipinski definition) is 0. The average molecular weight is 359 g/mol. The standard InChI is InChI=1S/C17H21N5O2S/c1-2-21(22-13-17(12-19-22)8-3-4-9-17)14-20-25(23,24)16-7-5-6-15(10-16)11-18/h5-7,10,12,14H,2-4,8-9,13H2,1H3. The molecule has 2 aliphatic rings. The highest BCUT2D eigenvalue weighted by Crippen LogP contribution is 2.40. The van der Waals surface area contributed by atoms with E-state index < -0.39 is 10.0 Å². The monoisotopic (exact) mass is 359 g/mol. The van der Waals surface area contributed by atoms with Gasteiger partial charge in [-0.15, -0.1) is 4.40 Å². The average Bonchev–Trinajstić information content (AvgIpc) is 3.26. The van der Waals surface area contributed by atoms with Crippen molar-refractivity contribution in [1.29, 1.82) is 5.26 Å². The van der Waals surface area contributed by atoms with Gasteiger partial charge in [0.1, 0.15) is 6.34 Å². The van der Waals surface area contributed by atoms with E-state index in [0.717, 1.165) is 19.4 Å². The number of nitriles is 1. The van der Waals surface area contributed by atoms with Gasteiger partial charge in [0.2, 0.25) is 0 Å². The van der Waals surface area contributed by atoms with Gasteiger partial charge >= 0.3 is 0 Å². The predicted octanol–water partition coefficient (Wildman–Crippen LogP) is 2.37. The molecular weight excluding hydrogens is 338 g/mol. The molecule has 7 nitrogen and oxygen atoms in total. The Hall–Kier alpha value is -2.40. The first-order valence-corrected chi connectivity index (χ1v) is 9.82. The van der Waals surface area contributed by atoms with Gasteiger partial charge in [0, 0.05) is 18.2 Å². The SMILES string of the molecule is CCN(C=NS(=O)(=O)c1cccc(C#N)c1)N1CC2(C=N1)CCCC2. The van der Waals surface area contributed by atoms with Crippen molar-refractivity contribution in [1.82, 2.24) is 10.1 Å². The van der Waals surface area contributed by atoms with E-state index in [4.69, 9.17) is 5.26 Å². The largest absolute Gasteiger partial charge is 0.283 e. The van der Waals surface area contributed by atoms with Gasteiger partial charge in [-0.3, -0.25) is 5.01 Å². The molecular formula is C17H21N5O2S. The van der Waals surface area contributed by atoms with Gasteiger partial charge in [-0.2, -0.15) is 18.8 Å². The summed E-state index contributed by atoms with van der Waals surface area (Å²) in [6, 6.07) is 7.79. The minimum atomic E-state index is -3.86. The van der Waals surface area contributed by atoms with E-state index in [-0.39, 0.29) is 15.9 Å². The van der Waals surface area contributed by atoms with E-state index in [0.29, 0.717) is 6.54 Å². The summed E-state index contributed by atoms with van der Waals surface area (Å²) < 4.78 is 28.6. The lowest BCUT2D eigenvalue weighted by atomic mass is 9.89. The number of hydrazone groups is 1. The van der Waals surface area contributed by atoms with E-state index >= 15 is 0 Å². The van der Waals surface area contributed by atoms with Crippen LogP contribution in [0.1, 0.15) is 38.2 Å². The van der Waals surface area contributed by atoms with Crippen molar-refractivity contribution >= 4 is 22.6 Å². The van der Waals surface area contributed by atoms with Gasteiger partial charge in [-0.25, -0.2) is 5.12 Å². The number of nitrogens with zero attached hydrogens (tertiary/aromatic N) is 5. The van der Waals surface area contributed by atoms with Crippen LogP contribution < -0.4 is 0 Å². The molecule has 0 unspecified atom stereocenters. The van der Waals surface area contributed by atoms with Gasteiger partial charge in [0.15, 0.2) is 0 Å². The molecule has 0 amide bonds. The van der Waals surface area contributed by atoms with Crippen LogP contribution in [0.5, 0.6) is 0 Å². The molecule has 132 valence electrons. The topological polar surface area (TPSA) is 89.1 Å². The summed E-state index contributed by atoms with van der Waals surface area (Å²) in [4.78, 5) is 0.0102. The Labute approximate surface area is 148 Å². The number of benzene rings is 1. The third-order valence-corrected chi connectivity index (χ3v) is 5.94. The molecule has 1 aliphatic carbocycles. The lowest BCUT2D eigenvalue weighted by Gasteiger charge is -2.29. The molecule has 1 saturated carbocycles. The maximum Gasteiger partial charge on any atom is 0.283 e. The normalized spacial score (nSPS) is 19.0. The molecule has 1 fully saturated rings. The van der Waals surface area contributed by atoms with Crippen LogP contribution in [0, 0.1) is 16.7 Å². The Bertz CT molecular complexity index is 835. The van der Waals surface area contributed by atoms with Crippen LogP contribution in [-0.4, -0.2) is 44.2 Å². The summed E-state index contributed by atoms with van der Waals surface area (Å²) in [7, 11) is -3.86. The molecule has 1 heterocycles. The second-order valence-corrected chi connectivity index (χ2v) is 8.07. The molecule has 25 heavy (non-hydrogen) atoms. The minimum Gasteiger partial charge on any atom is -0.258 e. The molecule has 8 heteroatoms. The molecule has 1 aliphatic heterocycles. The summed E-state index contributed by atoms with van der Waals surface area (Å²) >= 11 is 0. The summed E-state index contributed by atoms with van der Waals surface area (Å²) in [5.41, 5.74) is 0.414. The Morgan fingerprint density at radius 1 is 1.44 bits per heavy atom. The zero-order chi connectivity index (χ0) is 17.9. The van der Waals surface area contributed by atoms with Crippen LogP contribution >= 0.6 is 0 Å². The highest BCUT2D eigenvalue weighted by molar-refractivity contribution is 7.90. The van der Waals surface area contributed by atoms with E-state index in [1.165, 1.54) is 37.4 Å². The van der Waals surface area contributed by atoms with Crippen LogP contribution in [0.15, 0.2) is 38.7 Å². The van der Waals surface area contributed by atoms with E-state index in [9.17, 15) is 8.42 Å². The number of rotatable bonds is 5. The van der Waals surface area contributed by atoms with Gasteiger partial charge in [0.05, 0.1) is 23.1 Å². The van der Waals surface area contributed by atoms with Crippen LogP contribution in [0.2, 0.25) is 0 Å². The van der Waals surface area contributed by atoms with Crippen LogP contribution in [0.25, 0.3) is 0 Å². The zero-order valence-electron chi connectivity index (χ0n) is 14.2. The van der Waals surface area contributed by atoms with Crippen molar-refractivity contribution in [3.63, 3.8) is 0 Å². The zero-order valence-corrected chi connectivity index (χ0v) is 15.0. The van der Waals surface area contributed by atoms with Gasteiger partial charge in [-0.05, 0) is 38.0 Å². The fourth-order valence-electron chi connectivity index (χ4n) is 3.28. The fourth-order valence-corrected chi connectivity index (χ4v) is 4.16. The smallest absolute Gasteiger partial charge is 0.258 e. The molecule has 0 N–H and O–H groups in total. The summed E-state index contributed by atoms with van der Waals surface area (Å²) in [5.74, 6) is 0. The van der Waals surface area contributed by atoms with Crippen molar-refractivity contribution in [3.8, 4) is 6.07 Å². The molecule has 1 spiro atoms. The molecule has 0 atom stereocenters. The van der Waals surface area contributed by atoms with E-state index in [2.05, 4.69) is 9.50 Å². The lowest BCUT2D eigenvalue weighted by molar-refractivity contribution is 0.0498. The Balaban J connectivity index is 1.75. The maximum atomic E-state index is 12.4. The maximum absolute atomic E-state index is 12.4. The molecule has 0 saturated heterocycles. The first-order chi connectivity index (χ1) is 12.0. The quantitative estimate of drug-likeness (QED) is 0.595. The van der Waals surface area contributed by atoms with Crippen molar-refractivity contribution < 1.29 is 8.42 Å². The van der Waals surface area contributed by atoms with E-state index in [1.807, 2.05) is 19.2 Å². The predicted molar refractivity (Wildman–Crippen MR) is 95.3 cm³/mol. The van der Waals surface area contributed by atoms with Crippen molar-refractivity contribution in [3.05, 3.63) is 29.8 Å². The lowest BCUT2D eigenvalue weighted by Crippen LogP contribution is -2.40. The molecule has 0 radical (unpaired) electrons. The minimum absolute atomic E-state index is 0.0102. The van der Waals surface area contributed by atoms with Crippen LogP contribution in [-0.2, 0) is 10.0 Å². The number of hydrazine groups is 1. The summed E-state index contributed by atoms with van der Waals surface area (Å²) in [5, 5.41) is 16.9. The highest BCUT2D eigenvalue weighted by Gasteiger charge is 2.39. The Kier molecular flexibility index (Phi) is 4.77. The van der Waals surface area contributed by atoms with Crippen molar-refractivity contribution in [2.45, 2.75) is 37.5 Å². The summed E-state index contributed by atoms with van der Waals surface area (Å²) in [6.45, 7) is 3.24. The van der Waals surface area contributed by atoms with Crippen LogP contribution in [0.4, 0.5) is 0 Å². The first kappa shape index (κ1) is 17.4. The molecule has 3 rings (SSSR count). The molecule has 0 aromatic heterocycles. The van der Waals surface area contributed by atoms with Gasteiger partial charge < -0.3 is 0 Å². The third-order valence-electron chi connectivity index (χ3n) is 4.72. The third kappa shape index (κ3) is 3.66. The molecule has 1 aromatic carbocycles.